The Hall–Kier alpha value is -3.10. The number of nitrogens with one attached hydrogen (secondary N) is 1. The second-order valence-electron chi connectivity index (χ2n) is 6.67. The molecule has 2 aromatic rings. The standard InChI is InChI=1S/C21H19Cl2N3O5/c1-3-18(27)26(24-20(29)15-9-4-12(22)10-16(15)23)17-11-19(28)25(21(17)30)13-5-7-14(31-2)8-6-13/h4-10,17H,3,11H2,1-2H3,(H,24,29). The van der Waals surface area contributed by atoms with Gasteiger partial charge in [-0.1, -0.05) is 30.1 Å². The number of hydrogen-bond acceptors (Lipinski definition) is 5. The lowest BCUT2D eigenvalue weighted by molar-refractivity contribution is -0.140. The molecule has 0 aliphatic carbocycles. The molecule has 2 aromatic carbocycles. The number of carbonyl (C=O) groups is 4. The van der Waals surface area contributed by atoms with Crippen molar-refractivity contribution in [3.8, 4) is 5.75 Å². The van der Waals surface area contributed by atoms with E-state index in [1.54, 1.807) is 31.2 Å². The highest BCUT2D eigenvalue weighted by Crippen LogP contribution is 2.28. The van der Waals surface area contributed by atoms with Crippen molar-refractivity contribution < 1.29 is 23.9 Å². The number of carbonyl (C=O) groups excluding carboxylic acids is 4. The largest absolute Gasteiger partial charge is 0.497 e. The molecule has 10 heteroatoms. The van der Waals surface area contributed by atoms with Crippen LogP contribution >= 0.6 is 23.2 Å². The van der Waals surface area contributed by atoms with E-state index in [4.69, 9.17) is 27.9 Å². The van der Waals surface area contributed by atoms with Crippen LogP contribution in [-0.4, -0.2) is 41.8 Å². The zero-order chi connectivity index (χ0) is 22.7. The van der Waals surface area contributed by atoms with Gasteiger partial charge in [0.15, 0.2) is 0 Å². The highest BCUT2D eigenvalue weighted by Gasteiger charge is 2.45. The molecule has 1 heterocycles. The Morgan fingerprint density at radius 3 is 2.42 bits per heavy atom. The van der Waals surface area contributed by atoms with Crippen molar-refractivity contribution in [2.75, 3.05) is 12.0 Å². The number of ether oxygens (including phenoxy) is 1. The molecule has 3 rings (SSSR count). The lowest BCUT2D eigenvalue weighted by Crippen LogP contribution is -2.54. The molecule has 8 nitrogen and oxygen atoms in total. The first-order valence-corrected chi connectivity index (χ1v) is 10.1. The first-order chi connectivity index (χ1) is 14.8. The van der Waals surface area contributed by atoms with Gasteiger partial charge in [-0.15, -0.1) is 0 Å². The molecule has 1 fully saturated rings. The van der Waals surface area contributed by atoms with Gasteiger partial charge >= 0.3 is 0 Å². The summed E-state index contributed by atoms with van der Waals surface area (Å²) < 4.78 is 5.09. The Kier molecular flexibility index (Phi) is 6.82. The Morgan fingerprint density at radius 2 is 1.84 bits per heavy atom. The second kappa shape index (κ2) is 9.36. The third-order valence-corrected chi connectivity index (χ3v) is 5.28. The van der Waals surface area contributed by atoms with Crippen LogP contribution in [0.1, 0.15) is 30.1 Å². The van der Waals surface area contributed by atoms with Crippen LogP contribution in [0.5, 0.6) is 5.75 Å². The van der Waals surface area contributed by atoms with E-state index in [2.05, 4.69) is 5.43 Å². The summed E-state index contributed by atoms with van der Waals surface area (Å²) in [6.07, 6.45) is -0.264. The summed E-state index contributed by atoms with van der Waals surface area (Å²) in [4.78, 5) is 51.9. The molecule has 0 bridgehead atoms. The molecule has 0 aromatic heterocycles. The number of methoxy groups -OCH3 is 1. The first kappa shape index (κ1) is 22.6. The monoisotopic (exact) mass is 463 g/mol. The third kappa shape index (κ3) is 4.65. The maximum absolute atomic E-state index is 13.0. The minimum atomic E-state index is -1.18. The number of anilines is 1. The van der Waals surface area contributed by atoms with Crippen LogP contribution in [0.15, 0.2) is 42.5 Å². The van der Waals surface area contributed by atoms with Crippen molar-refractivity contribution in [1.82, 2.24) is 10.4 Å². The predicted octanol–water partition coefficient (Wildman–Crippen LogP) is 3.22. The highest BCUT2D eigenvalue weighted by molar-refractivity contribution is 6.36. The zero-order valence-electron chi connectivity index (χ0n) is 16.7. The van der Waals surface area contributed by atoms with Gasteiger partial charge in [0.25, 0.3) is 11.8 Å². The molecule has 1 aliphatic rings. The third-order valence-electron chi connectivity index (χ3n) is 4.73. The number of benzene rings is 2. The average molecular weight is 464 g/mol. The van der Waals surface area contributed by atoms with Crippen LogP contribution in [0.3, 0.4) is 0 Å². The quantitative estimate of drug-likeness (QED) is 0.542. The summed E-state index contributed by atoms with van der Waals surface area (Å²) in [6.45, 7) is 1.58. The molecule has 1 aliphatic heterocycles. The predicted molar refractivity (Wildman–Crippen MR) is 115 cm³/mol. The lowest BCUT2D eigenvalue weighted by atomic mass is 10.2. The van der Waals surface area contributed by atoms with Crippen LogP contribution in [0, 0.1) is 0 Å². The van der Waals surface area contributed by atoms with Gasteiger partial charge in [-0.3, -0.25) is 24.6 Å². The molecule has 1 atom stereocenters. The van der Waals surface area contributed by atoms with Crippen LogP contribution in [0.4, 0.5) is 5.69 Å². The number of imide groups is 1. The Morgan fingerprint density at radius 1 is 1.16 bits per heavy atom. The molecule has 162 valence electrons. The van der Waals surface area contributed by atoms with E-state index in [0.29, 0.717) is 16.5 Å². The van der Waals surface area contributed by atoms with Gasteiger partial charge in [-0.25, -0.2) is 9.91 Å². The topological polar surface area (TPSA) is 96.0 Å². The average Bonchev–Trinajstić information content (AvgIpc) is 3.05. The Labute approximate surface area is 188 Å². The van der Waals surface area contributed by atoms with Gasteiger partial charge in [0.05, 0.1) is 29.8 Å². The van der Waals surface area contributed by atoms with Gasteiger partial charge in [0, 0.05) is 11.4 Å². The van der Waals surface area contributed by atoms with Crippen molar-refractivity contribution in [2.24, 2.45) is 0 Å². The summed E-state index contributed by atoms with van der Waals surface area (Å²) >= 11 is 11.9. The van der Waals surface area contributed by atoms with Crippen molar-refractivity contribution in [2.45, 2.75) is 25.8 Å². The number of hydrogen-bond donors (Lipinski definition) is 1. The van der Waals surface area contributed by atoms with Crippen molar-refractivity contribution >= 4 is 52.5 Å². The maximum atomic E-state index is 13.0. The van der Waals surface area contributed by atoms with E-state index in [-0.39, 0.29) is 23.4 Å². The highest BCUT2D eigenvalue weighted by atomic mass is 35.5. The number of nitrogens with zero attached hydrogens (tertiary/aromatic N) is 2. The smallest absolute Gasteiger partial charge is 0.271 e. The fourth-order valence-electron chi connectivity index (χ4n) is 3.15. The summed E-state index contributed by atoms with van der Waals surface area (Å²) in [5, 5.41) is 1.33. The van der Waals surface area contributed by atoms with E-state index in [1.165, 1.54) is 25.3 Å². The van der Waals surface area contributed by atoms with Crippen molar-refractivity contribution in [3.63, 3.8) is 0 Å². The number of halogens is 2. The van der Waals surface area contributed by atoms with E-state index >= 15 is 0 Å². The molecule has 1 N–H and O–H groups in total. The number of amides is 4. The van der Waals surface area contributed by atoms with Crippen LogP contribution in [-0.2, 0) is 14.4 Å². The van der Waals surface area contributed by atoms with E-state index in [1.807, 2.05) is 0 Å². The molecule has 0 saturated carbocycles. The summed E-state index contributed by atoms with van der Waals surface area (Å²) in [6, 6.07) is 9.44. The van der Waals surface area contributed by atoms with Crippen LogP contribution < -0.4 is 15.1 Å². The maximum Gasteiger partial charge on any atom is 0.271 e. The Bertz CT molecular complexity index is 1040. The molecule has 1 unspecified atom stereocenters. The zero-order valence-corrected chi connectivity index (χ0v) is 18.2. The van der Waals surface area contributed by atoms with Gasteiger partial charge < -0.3 is 4.74 Å². The lowest BCUT2D eigenvalue weighted by Gasteiger charge is -2.27. The van der Waals surface area contributed by atoms with Crippen molar-refractivity contribution in [1.29, 1.82) is 0 Å². The molecular weight excluding hydrogens is 445 g/mol. The van der Waals surface area contributed by atoms with E-state index in [9.17, 15) is 19.2 Å². The summed E-state index contributed by atoms with van der Waals surface area (Å²) in [5.41, 5.74) is 2.84. The minimum Gasteiger partial charge on any atom is -0.497 e. The van der Waals surface area contributed by atoms with Gasteiger partial charge in [-0.05, 0) is 42.5 Å². The first-order valence-electron chi connectivity index (χ1n) is 9.35. The van der Waals surface area contributed by atoms with E-state index in [0.717, 1.165) is 9.91 Å². The van der Waals surface area contributed by atoms with Crippen LogP contribution in [0.25, 0.3) is 0 Å². The fourth-order valence-corrected chi connectivity index (χ4v) is 3.64. The molecule has 0 radical (unpaired) electrons. The number of hydrazine groups is 1. The van der Waals surface area contributed by atoms with E-state index < -0.39 is 29.7 Å². The molecular formula is C21H19Cl2N3O5. The Balaban J connectivity index is 1.86. The van der Waals surface area contributed by atoms with Gasteiger partial charge in [0.1, 0.15) is 11.8 Å². The molecule has 31 heavy (non-hydrogen) atoms. The van der Waals surface area contributed by atoms with Crippen LogP contribution in [0.2, 0.25) is 10.0 Å². The minimum absolute atomic E-state index is 0.00906. The van der Waals surface area contributed by atoms with Gasteiger partial charge in [-0.2, -0.15) is 0 Å². The number of rotatable bonds is 5. The normalized spacial score (nSPS) is 15.7. The second-order valence-corrected chi connectivity index (χ2v) is 7.51. The molecule has 0 spiro atoms. The van der Waals surface area contributed by atoms with Gasteiger partial charge in [0.2, 0.25) is 11.8 Å². The van der Waals surface area contributed by atoms with Crippen molar-refractivity contribution in [3.05, 3.63) is 58.1 Å². The SMILES string of the molecule is CCC(=O)N(NC(=O)c1ccc(Cl)cc1Cl)C1CC(=O)N(c2ccc(OC)cc2)C1=O. The fraction of sp³-hybridized carbons (Fsp3) is 0.238. The molecule has 4 amide bonds. The summed E-state index contributed by atoms with van der Waals surface area (Å²) in [7, 11) is 1.50. The molecule has 1 saturated heterocycles. The summed E-state index contributed by atoms with van der Waals surface area (Å²) in [5.74, 6) is -1.78.